The molecule has 1 aliphatic heterocycles. The Morgan fingerprint density at radius 3 is 2.84 bits per heavy atom. The molecule has 1 aromatic carbocycles. The van der Waals surface area contributed by atoms with Crippen LogP contribution in [-0.2, 0) is 19.1 Å². The highest BCUT2D eigenvalue weighted by atomic mass is 35.5. The lowest BCUT2D eigenvalue weighted by Gasteiger charge is -2.27. The van der Waals surface area contributed by atoms with Gasteiger partial charge >= 0.3 is 5.97 Å². The smallest absolute Gasteiger partial charge is 0.329 e. The molecule has 1 aliphatic rings. The molecule has 136 valence electrons. The highest BCUT2D eigenvalue weighted by Gasteiger charge is 2.34. The lowest BCUT2D eigenvalue weighted by atomic mass is 10.2. The van der Waals surface area contributed by atoms with Crippen molar-refractivity contribution in [2.24, 2.45) is 0 Å². The van der Waals surface area contributed by atoms with Crippen molar-refractivity contribution in [3.05, 3.63) is 23.2 Å². The van der Waals surface area contributed by atoms with Crippen molar-refractivity contribution in [3.63, 3.8) is 0 Å². The molecule has 2 atom stereocenters. The Bertz CT molecular complexity index is 670. The van der Waals surface area contributed by atoms with Crippen molar-refractivity contribution in [2.75, 3.05) is 24.8 Å². The number of amides is 2. The van der Waals surface area contributed by atoms with Crippen LogP contribution in [-0.4, -0.2) is 48.5 Å². The average Bonchev–Trinajstić information content (AvgIpc) is 2.57. The van der Waals surface area contributed by atoms with E-state index >= 15 is 0 Å². The Labute approximate surface area is 154 Å². The number of halogens is 1. The molecule has 2 N–H and O–H groups in total. The van der Waals surface area contributed by atoms with Crippen LogP contribution in [0, 0.1) is 0 Å². The summed E-state index contributed by atoms with van der Waals surface area (Å²) in [6, 6.07) is 4.19. The van der Waals surface area contributed by atoms with Crippen molar-refractivity contribution < 1.29 is 23.9 Å². The normalized spacial score (nSPS) is 19.7. The predicted octanol–water partition coefficient (Wildman–Crippen LogP) is 1.84. The summed E-state index contributed by atoms with van der Waals surface area (Å²) in [5.74, 6) is -0.329. The lowest BCUT2D eigenvalue weighted by molar-refractivity contribution is -0.146. The molecule has 2 amide bonds. The second kappa shape index (κ2) is 8.96. The lowest BCUT2D eigenvalue weighted by Crippen LogP contribution is -2.51. The number of anilines is 1. The number of methoxy groups -OCH3 is 1. The van der Waals surface area contributed by atoms with Gasteiger partial charge < -0.3 is 20.1 Å². The highest BCUT2D eigenvalue weighted by Crippen LogP contribution is 2.28. The average molecular weight is 387 g/mol. The van der Waals surface area contributed by atoms with E-state index in [4.69, 9.17) is 21.1 Å². The molecular formula is C16H19ClN2O5S. The Morgan fingerprint density at radius 2 is 2.20 bits per heavy atom. The highest BCUT2D eigenvalue weighted by molar-refractivity contribution is 8.00. The van der Waals surface area contributed by atoms with Crippen LogP contribution in [0.25, 0.3) is 0 Å². The largest absolute Gasteiger partial charge is 0.495 e. The molecule has 0 aliphatic carbocycles. The summed E-state index contributed by atoms with van der Waals surface area (Å²) in [4.78, 5) is 36.0. The fourth-order valence-corrected chi connectivity index (χ4v) is 3.57. The Balaban J connectivity index is 1.92. The summed E-state index contributed by atoms with van der Waals surface area (Å²) in [5, 5.41) is 5.17. The van der Waals surface area contributed by atoms with Gasteiger partial charge in [0.2, 0.25) is 11.8 Å². The van der Waals surface area contributed by atoms with Crippen molar-refractivity contribution in [1.82, 2.24) is 5.32 Å². The number of benzene rings is 1. The number of thioether (sulfide) groups is 1. The number of hydrogen-bond acceptors (Lipinski definition) is 6. The molecule has 0 bridgehead atoms. The second-order valence-electron chi connectivity index (χ2n) is 5.23. The third-order valence-electron chi connectivity index (χ3n) is 3.45. The van der Waals surface area contributed by atoms with E-state index in [-0.39, 0.29) is 24.8 Å². The first-order valence-electron chi connectivity index (χ1n) is 7.66. The van der Waals surface area contributed by atoms with Gasteiger partial charge in [-0.3, -0.25) is 9.59 Å². The summed E-state index contributed by atoms with van der Waals surface area (Å²) < 4.78 is 10.1. The maximum atomic E-state index is 12.2. The first-order chi connectivity index (χ1) is 11.9. The van der Waals surface area contributed by atoms with Crippen molar-refractivity contribution in [3.8, 4) is 5.75 Å². The topological polar surface area (TPSA) is 93.7 Å². The maximum Gasteiger partial charge on any atom is 0.329 e. The minimum Gasteiger partial charge on any atom is -0.495 e. The van der Waals surface area contributed by atoms with Gasteiger partial charge in [0.1, 0.15) is 11.8 Å². The third-order valence-corrected chi connectivity index (χ3v) is 4.99. The van der Waals surface area contributed by atoms with Gasteiger partial charge in [-0.1, -0.05) is 11.6 Å². The van der Waals surface area contributed by atoms with Crippen LogP contribution < -0.4 is 15.4 Å². The van der Waals surface area contributed by atoms with E-state index in [1.807, 2.05) is 0 Å². The number of carbonyl (C=O) groups is 3. The Kier molecular flexibility index (Phi) is 6.95. The monoisotopic (exact) mass is 386 g/mol. The third kappa shape index (κ3) is 5.27. The summed E-state index contributed by atoms with van der Waals surface area (Å²) in [6.45, 7) is 1.95. The van der Waals surface area contributed by atoms with E-state index in [1.165, 1.54) is 18.9 Å². The molecule has 1 saturated heterocycles. The molecule has 25 heavy (non-hydrogen) atoms. The van der Waals surface area contributed by atoms with E-state index in [1.54, 1.807) is 25.1 Å². The van der Waals surface area contributed by atoms with Crippen LogP contribution in [0.2, 0.25) is 5.02 Å². The van der Waals surface area contributed by atoms with E-state index in [9.17, 15) is 14.4 Å². The number of carbonyl (C=O) groups excluding carboxylic acids is 3. The zero-order valence-electron chi connectivity index (χ0n) is 13.8. The predicted molar refractivity (Wildman–Crippen MR) is 96.1 cm³/mol. The molecule has 0 spiro atoms. The van der Waals surface area contributed by atoms with Gasteiger partial charge in [0.15, 0.2) is 0 Å². The Hall–Kier alpha value is -1.93. The molecule has 1 heterocycles. The van der Waals surface area contributed by atoms with E-state index in [0.717, 1.165) is 0 Å². The first-order valence-corrected chi connectivity index (χ1v) is 9.09. The molecule has 0 radical (unpaired) electrons. The summed E-state index contributed by atoms with van der Waals surface area (Å²) >= 11 is 7.18. The molecule has 9 heteroatoms. The van der Waals surface area contributed by atoms with Gasteiger partial charge in [-0.15, -0.1) is 11.8 Å². The number of hydrogen-bond donors (Lipinski definition) is 2. The number of ether oxygens (including phenoxy) is 2. The van der Waals surface area contributed by atoms with Crippen LogP contribution in [0.4, 0.5) is 5.69 Å². The zero-order chi connectivity index (χ0) is 18.4. The Morgan fingerprint density at radius 1 is 1.44 bits per heavy atom. The molecular weight excluding hydrogens is 368 g/mol. The zero-order valence-corrected chi connectivity index (χ0v) is 15.4. The van der Waals surface area contributed by atoms with Crippen LogP contribution in [0.1, 0.15) is 13.3 Å². The molecule has 0 aromatic heterocycles. The van der Waals surface area contributed by atoms with Gasteiger partial charge in [0.25, 0.3) is 0 Å². The molecule has 1 aromatic rings. The van der Waals surface area contributed by atoms with Crippen LogP contribution >= 0.6 is 23.4 Å². The summed E-state index contributed by atoms with van der Waals surface area (Å²) in [5.41, 5.74) is 0.436. The van der Waals surface area contributed by atoms with Gasteiger partial charge in [-0.25, -0.2) is 4.79 Å². The van der Waals surface area contributed by atoms with Gasteiger partial charge in [0.05, 0.1) is 24.7 Å². The number of rotatable bonds is 6. The molecule has 1 fully saturated rings. The van der Waals surface area contributed by atoms with E-state index < -0.39 is 17.3 Å². The summed E-state index contributed by atoms with van der Waals surface area (Å²) in [7, 11) is 1.48. The van der Waals surface area contributed by atoms with Crippen molar-refractivity contribution in [1.29, 1.82) is 0 Å². The SMILES string of the molecule is CCOC(=O)[C@@H]1CS[C@H](CC(=O)Nc2cc(Cl)ccc2OC)C(=O)N1. The quantitative estimate of drug-likeness (QED) is 0.724. The van der Waals surface area contributed by atoms with Crippen LogP contribution in [0.15, 0.2) is 18.2 Å². The minimum atomic E-state index is -0.676. The van der Waals surface area contributed by atoms with Gasteiger partial charge in [0, 0.05) is 17.2 Å². The maximum absolute atomic E-state index is 12.2. The minimum absolute atomic E-state index is 0.0261. The summed E-state index contributed by atoms with van der Waals surface area (Å²) in [6.07, 6.45) is -0.0261. The number of nitrogens with one attached hydrogen (secondary N) is 2. The fourth-order valence-electron chi connectivity index (χ4n) is 2.26. The van der Waals surface area contributed by atoms with E-state index in [0.29, 0.717) is 22.2 Å². The fraction of sp³-hybridized carbons (Fsp3) is 0.438. The van der Waals surface area contributed by atoms with Crippen molar-refractivity contribution >= 4 is 46.8 Å². The van der Waals surface area contributed by atoms with Gasteiger partial charge in [-0.05, 0) is 25.1 Å². The standard InChI is InChI=1S/C16H19ClN2O5S/c1-3-24-16(22)11-8-25-13(15(21)19-11)7-14(20)18-10-6-9(17)4-5-12(10)23-2/h4-6,11,13H,3,7-8H2,1-2H3,(H,18,20)(H,19,21)/t11-,13+/m0/s1. The van der Waals surface area contributed by atoms with Crippen LogP contribution in [0.3, 0.4) is 0 Å². The molecule has 7 nitrogen and oxygen atoms in total. The number of esters is 1. The molecule has 2 rings (SSSR count). The first kappa shape index (κ1) is 19.4. The molecule has 0 saturated carbocycles. The van der Waals surface area contributed by atoms with Crippen molar-refractivity contribution in [2.45, 2.75) is 24.6 Å². The van der Waals surface area contributed by atoms with Crippen LogP contribution in [0.5, 0.6) is 5.75 Å². The van der Waals surface area contributed by atoms with E-state index in [2.05, 4.69) is 10.6 Å². The molecule has 0 unspecified atom stereocenters. The van der Waals surface area contributed by atoms with Gasteiger partial charge in [-0.2, -0.15) is 0 Å². The second-order valence-corrected chi connectivity index (χ2v) is 6.90.